The molecule has 5 heteroatoms. The van der Waals surface area contributed by atoms with Crippen molar-refractivity contribution in [2.45, 2.75) is 9.79 Å². The number of hydrogen-bond donors (Lipinski definition) is 0. The molecule has 0 saturated heterocycles. The molecule has 2 rings (SSSR count). The lowest BCUT2D eigenvalue weighted by Gasteiger charge is -2.00. The van der Waals surface area contributed by atoms with Crippen molar-refractivity contribution < 1.29 is 14.4 Å². The fourth-order valence-corrected chi connectivity index (χ4v) is 3.09. The highest BCUT2D eigenvalue weighted by molar-refractivity contribution is 8.14. The van der Waals surface area contributed by atoms with Gasteiger partial charge in [0.1, 0.15) is 0 Å². The second kappa shape index (κ2) is 9.75. The first kappa shape index (κ1) is 19.7. The van der Waals surface area contributed by atoms with Crippen LogP contribution in [0, 0.1) is 0 Å². The minimum Gasteiger partial charge on any atom is -0.289 e. The quantitative estimate of drug-likeness (QED) is 0.376. The summed E-state index contributed by atoms with van der Waals surface area (Å²) in [5.41, 5.74) is 1.40. The van der Waals surface area contributed by atoms with E-state index >= 15 is 0 Å². The van der Waals surface area contributed by atoms with E-state index in [0.717, 1.165) is 38.9 Å². The van der Waals surface area contributed by atoms with E-state index in [0.29, 0.717) is 5.56 Å². The molecule has 3 nitrogen and oxygen atoms in total. The van der Waals surface area contributed by atoms with Gasteiger partial charge in [-0.3, -0.25) is 14.4 Å². The second-order valence-electron chi connectivity index (χ2n) is 5.04. The van der Waals surface area contributed by atoms with E-state index in [1.165, 1.54) is 18.2 Å². The molecule has 0 saturated carbocycles. The van der Waals surface area contributed by atoms with Crippen LogP contribution in [0.4, 0.5) is 0 Å². The van der Waals surface area contributed by atoms with Crippen molar-refractivity contribution in [3.63, 3.8) is 0 Å². The molecule has 0 fully saturated rings. The number of hydrogen-bond acceptors (Lipinski definition) is 5. The van der Waals surface area contributed by atoms with Crippen molar-refractivity contribution in [1.82, 2.24) is 0 Å². The molecule has 26 heavy (non-hydrogen) atoms. The van der Waals surface area contributed by atoms with Crippen molar-refractivity contribution >= 4 is 45.6 Å². The first-order valence-electron chi connectivity index (χ1n) is 7.63. The Balaban J connectivity index is 2.00. The summed E-state index contributed by atoms with van der Waals surface area (Å²) in [5.74, 6) is -0.128. The average Bonchev–Trinajstić information content (AvgIpc) is 2.67. The highest BCUT2D eigenvalue weighted by Crippen LogP contribution is 2.21. The normalized spacial score (nSPS) is 10.5. The summed E-state index contributed by atoms with van der Waals surface area (Å²) < 4.78 is 0. The van der Waals surface area contributed by atoms with Crippen LogP contribution < -0.4 is 0 Å². The van der Waals surface area contributed by atoms with Crippen LogP contribution in [0.5, 0.6) is 0 Å². The summed E-state index contributed by atoms with van der Waals surface area (Å²) in [6.45, 7) is 6.86. The molecule has 0 aromatic heterocycles. The van der Waals surface area contributed by atoms with Crippen LogP contribution in [0.2, 0.25) is 0 Å². The minimum absolute atomic E-state index is 0.111. The number of thioether (sulfide) groups is 2. The molecule has 130 valence electrons. The molecule has 0 N–H and O–H groups in total. The van der Waals surface area contributed by atoms with Gasteiger partial charge in [-0.2, -0.15) is 0 Å². The Morgan fingerprint density at radius 1 is 0.731 bits per heavy atom. The van der Waals surface area contributed by atoms with Crippen molar-refractivity contribution in [1.29, 1.82) is 0 Å². The first-order chi connectivity index (χ1) is 12.5. The van der Waals surface area contributed by atoms with Crippen LogP contribution in [-0.2, 0) is 9.59 Å². The molecule has 0 heterocycles. The van der Waals surface area contributed by atoms with E-state index in [2.05, 4.69) is 13.2 Å². The topological polar surface area (TPSA) is 51.2 Å². The van der Waals surface area contributed by atoms with Crippen molar-refractivity contribution in [3.05, 3.63) is 91.0 Å². The van der Waals surface area contributed by atoms with Gasteiger partial charge in [-0.15, -0.1) is 0 Å². The third-order valence-electron chi connectivity index (χ3n) is 3.22. The SMILES string of the molecule is C=CC(=O)Sc1ccc(C=CC(=O)c2ccc(SC(=O)C=C)cc2)cc1. The number of ketones is 1. The number of carbonyl (C=O) groups is 3. The Bertz CT molecular complexity index is 863. The smallest absolute Gasteiger partial charge is 0.216 e. The van der Waals surface area contributed by atoms with E-state index in [1.807, 2.05) is 24.3 Å². The molecular formula is C21H16O3S2. The van der Waals surface area contributed by atoms with Crippen molar-refractivity contribution in [3.8, 4) is 0 Å². The Morgan fingerprint density at radius 2 is 1.19 bits per heavy atom. The Hall–Kier alpha value is -2.63. The van der Waals surface area contributed by atoms with Crippen LogP contribution in [0.15, 0.2) is 89.7 Å². The predicted octanol–water partition coefficient (Wildman–Crippen LogP) is 5.19. The van der Waals surface area contributed by atoms with Gasteiger partial charge < -0.3 is 0 Å². The molecule has 0 radical (unpaired) electrons. The van der Waals surface area contributed by atoms with Crippen molar-refractivity contribution in [2.24, 2.45) is 0 Å². The Morgan fingerprint density at radius 3 is 1.65 bits per heavy atom. The highest BCUT2D eigenvalue weighted by Gasteiger charge is 2.04. The lowest BCUT2D eigenvalue weighted by atomic mass is 10.1. The maximum atomic E-state index is 12.2. The van der Waals surface area contributed by atoms with Gasteiger partial charge in [0.25, 0.3) is 0 Å². The molecule has 2 aromatic carbocycles. The van der Waals surface area contributed by atoms with Crippen molar-refractivity contribution in [2.75, 3.05) is 0 Å². The lowest BCUT2D eigenvalue weighted by Crippen LogP contribution is -1.94. The first-order valence-corrected chi connectivity index (χ1v) is 9.26. The molecule has 0 aliphatic carbocycles. The largest absolute Gasteiger partial charge is 0.289 e. The molecule has 2 aromatic rings. The maximum absolute atomic E-state index is 12.2. The number of allylic oxidation sites excluding steroid dienone is 1. The van der Waals surface area contributed by atoms with E-state index in [4.69, 9.17) is 0 Å². The molecule has 0 spiro atoms. The van der Waals surface area contributed by atoms with Gasteiger partial charge in [-0.25, -0.2) is 0 Å². The zero-order chi connectivity index (χ0) is 18.9. The molecule has 0 aliphatic rings. The van der Waals surface area contributed by atoms with Gasteiger partial charge in [0.05, 0.1) is 0 Å². The zero-order valence-corrected chi connectivity index (χ0v) is 15.5. The highest BCUT2D eigenvalue weighted by atomic mass is 32.2. The Labute approximate surface area is 160 Å². The average molecular weight is 380 g/mol. The van der Waals surface area contributed by atoms with Crippen LogP contribution >= 0.6 is 23.5 Å². The Kier molecular flexibility index (Phi) is 7.38. The minimum atomic E-state index is -0.139. The van der Waals surface area contributed by atoms with Gasteiger partial charge in [0, 0.05) is 15.4 Å². The number of rotatable bonds is 7. The van der Waals surface area contributed by atoms with Crippen LogP contribution in [-0.4, -0.2) is 16.0 Å². The van der Waals surface area contributed by atoms with Gasteiger partial charge >= 0.3 is 0 Å². The number of carbonyl (C=O) groups excluding carboxylic acids is 3. The lowest BCUT2D eigenvalue weighted by molar-refractivity contribution is -0.107. The molecular weight excluding hydrogens is 364 g/mol. The third kappa shape index (κ3) is 6.02. The monoisotopic (exact) mass is 380 g/mol. The van der Waals surface area contributed by atoms with Gasteiger partial charge in [0.15, 0.2) is 5.78 Å². The zero-order valence-electron chi connectivity index (χ0n) is 13.9. The van der Waals surface area contributed by atoms with Crippen LogP contribution in [0.25, 0.3) is 6.08 Å². The second-order valence-corrected chi connectivity index (χ2v) is 7.20. The molecule has 0 aliphatic heterocycles. The predicted molar refractivity (Wildman–Crippen MR) is 108 cm³/mol. The summed E-state index contributed by atoms with van der Waals surface area (Å²) >= 11 is 2.16. The standard InChI is InChI=1S/C21H16O3S2/c1-3-20(23)25-17-10-5-15(6-11-17)7-14-19(22)16-8-12-18(13-9-16)26-21(24)4-2/h3-14H,1-2H2. The van der Waals surface area contributed by atoms with E-state index < -0.39 is 0 Å². The maximum Gasteiger partial charge on any atom is 0.216 e. The fraction of sp³-hybridized carbons (Fsp3) is 0. The van der Waals surface area contributed by atoms with E-state index in [-0.39, 0.29) is 16.0 Å². The van der Waals surface area contributed by atoms with Gasteiger partial charge in [0.2, 0.25) is 10.2 Å². The van der Waals surface area contributed by atoms with Gasteiger partial charge in [-0.1, -0.05) is 31.4 Å². The van der Waals surface area contributed by atoms with Crippen LogP contribution in [0.1, 0.15) is 15.9 Å². The summed E-state index contributed by atoms with van der Waals surface area (Å²) in [5, 5.41) is -0.250. The third-order valence-corrected chi connectivity index (χ3v) is 4.97. The van der Waals surface area contributed by atoms with Gasteiger partial charge in [-0.05, 0) is 83.7 Å². The molecule has 0 bridgehead atoms. The van der Waals surface area contributed by atoms with E-state index in [1.54, 1.807) is 30.3 Å². The molecule has 0 amide bonds. The number of benzene rings is 2. The summed E-state index contributed by atoms with van der Waals surface area (Å²) in [7, 11) is 0. The van der Waals surface area contributed by atoms with E-state index in [9.17, 15) is 14.4 Å². The molecule has 0 unspecified atom stereocenters. The summed E-state index contributed by atoms with van der Waals surface area (Å²) in [6.07, 6.45) is 5.74. The summed E-state index contributed by atoms with van der Waals surface area (Å²) in [4.78, 5) is 36.4. The summed E-state index contributed by atoms with van der Waals surface area (Å²) in [6, 6.07) is 14.1. The fourth-order valence-electron chi connectivity index (χ4n) is 1.92. The molecule has 0 atom stereocenters. The van der Waals surface area contributed by atoms with Crippen LogP contribution in [0.3, 0.4) is 0 Å².